The molecule has 0 saturated carbocycles. The third-order valence-electron chi connectivity index (χ3n) is 2.60. The number of hydrogen-bond acceptors (Lipinski definition) is 2. The second-order valence-electron chi connectivity index (χ2n) is 3.73. The first-order chi connectivity index (χ1) is 8.15. The standard InChI is InChI=1S/C12H11F3N2/c13-9-6-8-7(11(14)12(9)15)3-5-17-10(8)2-1-4-16/h3,5-6H,1-2,4,16H2. The molecule has 1 heterocycles. The predicted octanol–water partition coefficient (Wildman–Crippen LogP) is 2.54. The van der Waals surface area contributed by atoms with Gasteiger partial charge in [0.25, 0.3) is 0 Å². The van der Waals surface area contributed by atoms with Crippen LogP contribution in [0.25, 0.3) is 10.8 Å². The zero-order valence-electron chi connectivity index (χ0n) is 9.01. The summed E-state index contributed by atoms with van der Waals surface area (Å²) in [6.45, 7) is 0.463. The molecule has 2 rings (SSSR count). The van der Waals surface area contributed by atoms with E-state index in [1.807, 2.05) is 0 Å². The molecule has 5 heteroatoms. The number of rotatable bonds is 3. The summed E-state index contributed by atoms with van der Waals surface area (Å²) >= 11 is 0. The van der Waals surface area contributed by atoms with Crippen LogP contribution in [-0.4, -0.2) is 11.5 Å². The molecule has 1 aromatic heterocycles. The lowest BCUT2D eigenvalue weighted by molar-refractivity contribution is 0.453. The molecule has 0 spiro atoms. The maximum Gasteiger partial charge on any atom is 0.195 e. The zero-order chi connectivity index (χ0) is 12.4. The number of fused-ring (bicyclic) bond motifs is 1. The van der Waals surface area contributed by atoms with Gasteiger partial charge >= 0.3 is 0 Å². The van der Waals surface area contributed by atoms with Crippen LogP contribution >= 0.6 is 0 Å². The van der Waals surface area contributed by atoms with Crippen molar-refractivity contribution >= 4 is 10.8 Å². The first-order valence-corrected chi connectivity index (χ1v) is 5.26. The largest absolute Gasteiger partial charge is 0.330 e. The molecule has 0 aliphatic carbocycles. The Balaban J connectivity index is 2.64. The molecule has 0 bridgehead atoms. The number of aryl methyl sites for hydroxylation is 1. The molecule has 90 valence electrons. The van der Waals surface area contributed by atoms with Crippen LogP contribution in [0.15, 0.2) is 18.3 Å². The molecule has 0 radical (unpaired) electrons. The van der Waals surface area contributed by atoms with Crippen molar-refractivity contribution in [2.75, 3.05) is 6.54 Å². The topological polar surface area (TPSA) is 38.9 Å². The van der Waals surface area contributed by atoms with Crippen molar-refractivity contribution < 1.29 is 13.2 Å². The van der Waals surface area contributed by atoms with E-state index in [9.17, 15) is 13.2 Å². The molecule has 1 aromatic carbocycles. The van der Waals surface area contributed by atoms with Gasteiger partial charge in [-0.2, -0.15) is 0 Å². The van der Waals surface area contributed by atoms with Gasteiger partial charge in [-0.3, -0.25) is 4.98 Å². The highest BCUT2D eigenvalue weighted by Crippen LogP contribution is 2.25. The summed E-state index contributed by atoms with van der Waals surface area (Å²) in [7, 11) is 0. The Kier molecular flexibility index (Phi) is 3.28. The van der Waals surface area contributed by atoms with Crippen molar-refractivity contribution in [2.24, 2.45) is 5.73 Å². The minimum absolute atomic E-state index is 0.0471. The highest BCUT2D eigenvalue weighted by molar-refractivity contribution is 5.85. The van der Waals surface area contributed by atoms with Gasteiger partial charge in [0, 0.05) is 22.7 Å². The van der Waals surface area contributed by atoms with E-state index in [1.54, 1.807) is 0 Å². The molecule has 0 aliphatic rings. The highest BCUT2D eigenvalue weighted by Gasteiger charge is 2.15. The van der Waals surface area contributed by atoms with Gasteiger partial charge in [0.15, 0.2) is 17.5 Å². The summed E-state index contributed by atoms with van der Waals surface area (Å²) < 4.78 is 39.7. The fraction of sp³-hybridized carbons (Fsp3) is 0.250. The Morgan fingerprint density at radius 3 is 2.59 bits per heavy atom. The van der Waals surface area contributed by atoms with Crippen molar-refractivity contribution in [3.63, 3.8) is 0 Å². The summed E-state index contributed by atoms with van der Waals surface area (Å²) in [5.74, 6) is -3.82. The first-order valence-electron chi connectivity index (χ1n) is 5.26. The zero-order valence-corrected chi connectivity index (χ0v) is 9.01. The van der Waals surface area contributed by atoms with Gasteiger partial charge < -0.3 is 5.73 Å². The predicted molar refractivity (Wildman–Crippen MR) is 59.0 cm³/mol. The molecule has 0 unspecified atom stereocenters. The SMILES string of the molecule is NCCCc1nccc2c(F)c(F)c(F)cc12. The molecule has 0 atom stereocenters. The van der Waals surface area contributed by atoms with Crippen LogP contribution in [0.4, 0.5) is 13.2 Å². The molecule has 0 saturated heterocycles. The summed E-state index contributed by atoms with van der Waals surface area (Å²) in [5.41, 5.74) is 5.90. The summed E-state index contributed by atoms with van der Waals surface area (Å²) in [5, 5.41) is 0.350. The molecule has 0 aliphatic heterocycles. The lowest BCUT2D eigenvalue weighted by Crippen LogP contribution is -2.03. The molecule has 2 aromatic rings. The Morgan fingerprint density at radius 1 is 1.12 bits per heavy atom. The highest BCUT2D eigenvalue weighted by atomic mass is 19.2. The van der Waals surface area contributed by atoms with Crippen LogP contribution in [0.5, 0.6) is 0 Å². The average molecular weight is 240 g/mol. The van der Waals surface area contributed by atoms with Crippen molar-refractivity contribution in [2.45, 2.75) is 12.8 Å². The van der Waals surface area contributed by atoms with E-state index >= 15 is 0 Å². The summed E-state index contributed by atoms with van der Waals surface area (Å²) in [4.78, 5) is 4.04. The minimum Gasteiger partial charge on any atom is -0.330 e. The third kappa shape index (κ3) is 2.10. The lowest BCUT2D eigenvalue weighted by atomic mass is 10.1. The number of halogens is 3. The number of hydrogen-bond donors (Lipinski definition) is 1. The number of benzene rings is 1. The fourth-order valence-electron chi connectivity index (χ4n) is 1.75. The lowest BCUT2D eigenvalue weighted by Gasteiger charge is -2.07. The third-order valence-corrected chi connectivity index (χ3v) is 2.60. The first kappa shape index (κ1) is 11.9. The van der Waals surface area contributed by atoms with Crippen LogP contribution < -0.4 is 5.73 Å². The van der Waals surface area contributed by atoms with Gasteiger partial charge in [-0.05, 0) is 31.5 Å². The van der Waals surface area contributed by atoms with E-state index in [4.69, 9.17) is 5.73 Å². The van der Waals surface area contributed by atoms with Crippen LogP contribution in [-0.2, 0) is 6.42 Å². The number of nitrogens with zero attached hydrogens (tertiary/aromatic N) is 1. The Bertz CT molecular complexity index is 555. The normalized spacial score (nSPS) is 11.1. The molecule has 2 nitrogen and oxygen atoms in total. The van der Waals surface area contributed by atoms with Crippen molar-refractivity contribution in [1.29, 1.82) is 0 Å². The smallest absolute Gasteiger partial charge is 0.195 e. The van der Waals surface area contributed by atoms with Crippen molar-refractivity contribution in [3.05, 3.63) is 41.5 Å². The quantitative estimate of drug-likeness (QED) is 0.837. The van der Waals surface area contributed by atoms with E-state index in [0.29, 0.717) is 30.5 Å². The average Bonchev–Trinajstić information content (AvgIpc) is 2.34. The van der Waals surface area contributed by atoms with Crippen molar-refractivity contribution in [3.8, 4) is 0 Å². The van der Waals surface area contributed by atoms with Gasteiger partial charge in [-0.1, -0.05) is 0 Å². The van der Waals surface area contributed by atoms with Crippen molar-refractivity contribution in [1.82, 2.24) is 4.98 Å². The monoisotopic (exact) mass is 240 g/mol. The molecule has 0 fully saturated rings. The van der Waals surface area contributed by atoms with Gasteiger partial charge in [-0.25, -0.2) is 13.2 Å². The Hall–Kier alpha value is -1.62. The van der Waals surface area contributed by atoms with Crippen LogP contribution in [0.2, 0.25) is 0 Å². The molecule has 2 N–H and O–H groups in total. The molecular formula is C12H11F3N2. The van der Waals surface area contributed by atoms with Gasteiger partial charge in [-0.15, -0.1) is 0 Å². The maximum absolute atomic E-state index is 13.5. The second-order valence-corrected chi connectivity index (χ2v) is 3.73. The fourth-order valence-corrected chi connectivity index (χ4v) is 1.75. The van der Waals surface area contributed by atoms with Crippen LogP contribution in [0, 0.1) is 17.5 Å². The summed E-state index contributed by atoms with van der Waals surface area (Å²) in [6.07, 6.45) is 2.56. The summed E-state index contributed by atoms with van der Waals surface area (Å²) in [6, 6.07) is 2.31. The van der Waals surface area contributed by atoms with E-state index in [2.05, 4.69) is 4.98 Å². The number of nitrogens with two attached hydrogens (primary N) is 1. The van der Waals surface area contributed by atoms with E-state index in [0.717, 1.165) is 6.07 Å². The Labute approximate surface area is 96.3 Å². The Morgan fingerprint density at radius 2 is 1.88 bits per heavy atom. The van der Waals surface area contributed by atoms with E-state index in [1.165, 1.54) is 12.3 Å². The van der Waals surface area contributed by atoms with Gasteiger partial charge in [0.1, 0.15) is 0 Å². The molecule has 0 amide bonds. The minimum atomic E-state index is -1.45. The molecular weight excluding hydrogens is 229 g/mol. The number of aromatic nitrogens is 1. The maximum atomic E-state index is 13.5. The van der Waals surface area contributed by atoms with Gasteiger partial charge in [0.05, 0.1) is 0 Å². The van der Waals surface area contributed by atoms with E-state index in [-0.39, 0.29) is 5.39 Å². The number of pyridine rings is 1. The van der Waals surface area contributed by atoms with E-state index < -0.39 is 17.5 Å². The van der Waals surface area contributed by atoms with Gasteiger partial charge in [0.2, 0.25) is 0 Å². The molecule has 17 heavy (non-hydrogen) atoms. The van der Waals surface area contributed by atoms with Crippen LogP contribution in [0.3, 0.4) is 0 Å². The second kappa shape index (κ2) is 4.71. The van der Waals surface area contributed by atoms with Crippen LogP contribution in [0.1, 0.15) is 12.1 Å².